The van der Waals surface area contributed by atoms with Crippen molar-refractivity contribution >= 4 is 28.5 Å². The number of rotatable bonds is 3. The minimum absolute atomic E-state index is 0.0771. The van der Waals surface area contributed by atoms with Crippen LogP contribution < -0.4 is 11.0 Å². The number of fused-ring (bicyclic) bond motifs is 1. The average molecular weight is 411 g/mol. The summed E-state index contributed by atoms with van der Waals surface area (Å²) in [5, 5.41) is 13.1. The number of aromatic nitrogens is 3. The number of nitrogens with one attached hydrogen (secondary N) is 1. The van der Waals surface area contributed by atoms with Crippen LogP contribution in [0.2, 0.25) is 5.02 Å². The van der Waals surface area contributed by atoms with Gasteiger partial charge in [0, 0.05) is 0 Å². The first-order valence-corrected chi connectivity index (χ1v) is 8.84. The first kappa shape index (κ1) is 18.7. The van der Waals surface area contributed by atoms with E-state index in [9.17, 15) is 23.1 Å². The van der Waals surface area contributed by atoms with Gasteiger partial charge in [-0.1, -0.05) is 23.7 Å². The number of aliphatic hydroxyl groups is 1. The molecule has 0 saturated heterocycles. The standard InChI is InChI=1S/C18H14ClF3N4O2/c19-10-3-1-2-4-12(10)26-16-9(5-8-14(24-16)18(20,21)22)15(25-17(26)28)23-11-6-7-13(11)27/h1-5,8,11,13,27H,6-7H2,(H,23,25,28)/t11-,13-/m0/s1. The van der Waals surface area contributed by atoms with Gasteiger partial charge in [0.05, 0.1) is 28.2 Å². The smallest absolute Gasteiger partial charge is 0.391 e. The number of anilines is 1. The van der Waals surface area contributed by atoms with Gasteiger partial charge in [0.15, 0.2) is 5.65 Å². The van der Waals surface area contributed by atoms with Crippen molar-refractivity contribution in [1.29, 1.82) is 0 Å². The number of nitrogens with zero attached hydrogens (tertiary/aromatic N) is 3. The molecule has 0 bridgehead atoms. The second kappa shape index (κ2) is 6.75. The van der Waals surface area contributed by atoms with Crippen molar-refractivity contribution in [2.75, 3.05) is 5.32 Å². The zero-order chi connectivity index (χ0) is 20.1. The first-order chi connectivity index (χ1) is 13.3. The number of alkyl halides is 3. The maximum Gasteiger partial charge on any atom is 0.433 e. The van der Waals surface area contributed by atoms with Crippen molar-refractivity contribution < 1.29 is 18.3 Å². The number of hydrogen-bond donors (Lipinski definition) is 2. The van der Waals surface area contributed by atoms with Gasteiger partial charge in [0.1, 0.15) is 11.5 Å². The van der Waals surface area contributed by atoms with Gasteiger partial charge in [-0.05, 0) is 37.1 Å². The van der Waals surface area contributed by atoms with Crippen molar-refractivity contribution in [3.63, 3.8) is 0 Å². The number of para-hydroxylation sites is 1. The van der Waals surface area contributed by atoms with Crippen molar-refractivity contribution in [2.24, 2.45) is 0 Å². The number of hydrogen-bond acceptors (Lipinski definition) is 5. The third-order valence-electron chi connectivity index (χ3n) is 4.68. The Bertz CT molecular complexity index is 1120. The Morgan fingerprint density at radius 2 is 1.89 bits per heavy atom. The third-order valence-corrected chi connectivity index (χ3v) is 5.00. The van der Waals surface area contributed by atoms with Crippen molar-refractivity contribution in [2.45, 2.75) is 31.2 Å². The Morgan fingerprint density at radius 1 is 1.14 bits per heavy atom. The van der Waals surface area contributed by atoms with Gasteiger partial charge in [-0.2, -0.15) is 18.2 Å². The normalized spacial score (nSPS) is 19.5. The first-order valence-electron chi connectivity index (χ1n) is 8.46. The average Bonchev–Trinajstić information content (AvgIpc) is 2.64. The quantitative estimate of drug-likeness (QED) is 0.692. The molecule has 2 atom stereocenters. The number of aliphatic hydroxyl groups excluding tert-OH is 1. The third kappa shape index (κ3) is 3.20. The molecule has 1 fully saturated rings. The Morgan fingerprint density at radius 3 is 2.50 bits per heavy atom. The van der Waals surface area contributed by atoms with E-state index in [0.29, 0.717) is 12.8 Å². The van der Waals surface area contributed by atoms with Crippen LogP contribution in [-0.2, 0) is 6.18 Å². The summed E-state index contributed by atoms with van der Waals surface area (Å²) in [5.74, 6) is 0.0771. The lowest BCUT2D eigenvalue weighted by atomic mass is 9.89. The van der Waals surface area contributed by atoms with Crippen LogP contribution >= 0.6 is 11.6 Å². The monoisotopic (exact) mass is 410 g/mol. The van der Waals surface area contributed by atoms with E-state index in [1.165, 1.54) is 18.2 Å². The predicted molar refractivity (Wildman–Crippen MR) is 97.8 cm³/mol. The fourth-order valence-corrected chi connectivity index (χ4v) is 3.26. The Balaban J connectivity index is 1.99. The van der Waals surface area contributed by atoms with Gasteiger partial charge in [-0.15, -0.1) is 0 Å². The van der Waals surface area contributed by atoms with Crippen LogP contribution in [-0.4, -0.2) is 31.8 Å². The Hall–Kier alpha value is -2.65. The molecule has 2 heterocycles. The summed E-state index contributed by atoms with van der Waals surface area (Å²) in [6.45, 7) is 0. The van der Waals surface area contributed by atoms with Crippen LogP contribution in [0.4, 0.5) is 19.0 Å². The van der Waals surface area contributed by atoms with E-state index in [4.69, 9.17) is 11.6 Å². The van der Waals surface area contributed by atoms with Crippen LogP contribution in [0.1, 0.15) is 18.5 Å². The zero-order valence-corrected chi connectivity index (χ0v) is 15.0. The van der Waals surface area contributed by atoms with Crippen LogP contribution in [0.15, 0.2) is 41.2 Å². The molecular formula is C18H14ClF3N4O2. The summed E-state index contributed by atoms with van der Waals surface area (Å²) in [6, 6.07) is 7.95. The summed E-state index contributed by atoms with van der Waals surface area (Å²) in [7, 11) is 0. The highest BCUT2D eigenvalue weighted by Gasteiger charge is 2.34. The van der Waals surface area contributed by atoms with Gasteiger partial charge >= 0.3 is 11.9 Å². The van der Waals surface area contributed by atoms with Crippen LogP contribution in [0, 0.1) is 0 Å². The molecule has 0 radical (unpaired) electrons. The second-order valence-corrected chi connectivity index (χ2v) is 6.90. The molecule has 10 heteroatoms. The molecule has 1 saturated carbocycles. The molecule has 0 amide bonds. The number of halogens is 4. The van der Waals surface area contributed by atoms with E-state index in [1.54, 1.807) is 12.1 Å². The minimum Gasteiger partial charge on any atom is -0.391 e. The molecule has 4 rings (SSSR count). The fraction of sp³-hybridized carbons (Fsp3) is 0.278. The van der Waals surface area contributed by atoms with E-state index < -0.39 is 23.7 Å². The fourth-order valence-electron chi connectivity index (χ4n) is 3.04. The maximum atomic E-state index is 13.2. The summed E-state index contributed by atoms with van der Waals surface area (Å²) < 4.78 is 40.6. The molecule has 146 valence electrons. The SMILES string of the molecule is O=c1nc(N[C@H]2CC[C@@H]2O)c2ccc(C(F)(F)F)nc2n1-c1ccccc1Cl. The van der Waals surface area contributed by atoms with E-state index >= 15 is 0 Å². The minimum atomic E-state index is -4.68. The molecule has 0 unspecified atom stereocenters. The van der Waals surface area contributed by atoms with E-state index in [0.717, 1.165) is 10.6 Å². The highest BCUT2D eigenvalue weighted by Crippen LogP contribution is 2.32. The Labute approximate surface area is 161 Å². The lowest BCUT2D eigenvalue weighted by molar-refractivity contribution is -0.141. The molecule has 28 heavy (non-hydrogen) atoms. The highest BCUT2D eigenvalue weighted by atomic mass is 35.5. The van der Waals surface area contributed by atoms with E-state index in [1.807, 2.05) is 0 Å². The highest BCUT2D eigenvalue weighted by molar-refractivity contribution is 6.32. The van der Waals surface area contributed by atoms with Crippen LogP contribution in [0.3, 0.4) is 0 Å². The van der Waals surface area contributed by atoms with Crippen molar-refractivity contribution in [3.8, 4) is 5.69 Å². The lowest BCUT2D eigenvalue weighted by Gasteiger charge is -2.33. The molecule has 1 aliphatic carbocycles. The van der Waals surface area contributed by atoms with Crippen LogP contribution in [0.5, 0.6) is 0 Å². The largest absolute Gasteiger partial charge is 0.433 e. The molecular weight excluding hydrogens is 397 g/mol. The van der Waals surface area contributed by atoms with Gasteiger partial charge in [0.25, 0.3) is 0 Å². The molecule has 6 nitrogen and oxygen atoms in total. The zero-order valence-electron chi connectivity index (χ0n) is 14.2. The summed E-state index contributed by atoms with van der Waals surface area (Å²) >= 11 is 6.15. The van der Waals surface area contributed by atoms with Gasteiger partial charge in [0.2, 0.25) is 0 Å². The molecule has 1 aliphatic rings. The maximum absolute atomic E-state index is 13.2. The molecule has 1 aromatic carbocycles. The summed E-state index contributed by atoms with van der Waals surface area (Å²) in [6.07, 6.45) is -4.03. The van der Waals surface area contributed by atoms with Gasteiger partial charge in [-0.3, -0.25) is 0 Å². The van der Waals surface area contributed by atoms with Crippen molar-refractivity contribution in [1.82, 2.24) is 14.5 Å². The second-order valence-electron chi connectivity index (χ2n) is 6.49. The molecule has 2 aromatic heterocycles. The van der Waals surface area contributed by atoms with Crippen molar-refractivity contribution in [3.05, 3.63) is 57.6 Å². The molecule has 2 N–H and O–H groups in total. The van der Waals surface area contributed by atoms with Gasteiger partial charge in [-0.25, -0.2) is 14.3 Å². The summed E-state index contributed by atoms with van der Waals surface area (Å²) in [4.78, 5) is 20.4. The number of benzene rings is 1. The lowest BCUT2D eigenvalue weighted by Crippen LogP contribution is -2.43. The predicted octanol–water partition coefficient (Wildman–Crippen LogP) is 3.39. The molecule has 0 aliphatic heterocycles. The van der Waals surface area contributed by atoms with Crippen LogP contribution in [0.25, 0.3) is 16.7 Å². The Kier molecular flexibility index (Phi) is 4.51. The number of pyridine rings is 1. The van der Waals surface area contributed by atoms with E-state index in [2.05, 4.69) is 15.3 Å². The van der Waals surface area contributed by atoms with E-state index in [-0.39, 0.29) is 33.6 Å². The molecule has 0 spiro atoms. The topological polar surface area (TPSA) is 80.0 Å². The molecule has 3 aromatic rings. The summed E-state index contributed by atoms with van der Waals surface area (Å²) in [5.41, 5.74) is -2.02. The van der Waals surface area contributed by atoms with Gasteiger partial charge < -0.3 is 10.4 Å².